The summed E-state index contributed by atoms with van der Waals surface area (Å²) in [4.78, 5) is 24.0. The van der Waals surface area contributed by atoms with Gasteiger partial charge in [0.05, 0.1) is 11.4 Å². The largest absolute Gasteiger partial charge is 0.343 e. The van der Waals surface area contributed by atoms with Crippen molar-refractivity contribution in [3.63, 3.8) is 0 Å². The van der Waals surface area contributed by atoms with E-state index in [0.717, 1.165) is 4.31 Å². The minimum absolute atomic E-state index is 0.0223. The lowest BCUT2D eigenvalue weighted by molar-refractivity contribution is -0.115. The molecule has 0 radical (unpaired) electrons. The first-order valence-corrected chi connectivity index (χ1v) is 9.00. The molecule has 0 atom stereocenters. The van der Waals surface area contributed by atoms with Gasteiger partial charge in [-0.25, -0.2) is 17.1 Å². The van der Waals surface area contributed by atoms with Gasteiger partial charge in [0.2, 0.25) is 15.9 Å². The van der Waals surface area contributed by atoms with Crippen LogP contribution in [0.25, 0.3) is 0 Å². The van der Waals surface area contributed by atoms with Gasteiger partial charge in [-0.05, 0) is 42.5 Å². The van der Waals surface area contributed by atoms with E-state index in [0.29, 0.717) is 5.69 Å². The van der Waals surface area contributed by atoms with Crippen molar-refractivity contribution in [2.24, 2.45) is 0 Å². The van der Waals surface area contributed by atoms with Crippen molar-refractivity contribution in [1.29, 1.82) is 0 Å². The summed E-state index contributed by atoms with van der Waals surface area (Å²) in [5, 5.41) is 4.91. The summed E-state index contributed by atoms with van der Waals surface area (Å²) in [6.45, 7) is -0.319. The second kappa shape index (κ2) is 8.07. The minimum atomic E-state index is -3.66. The molecule has 0 aromatic heterocycles. The average molecular weight is 379 g/mol. The number of halogens is 1. The van der Waals surface area contributed by atoms with Crippen LogP contribution in [0.15, 0.2) is 53.4 Å². The number of amides is 2. The summed E-state index contributed by atoms with van der Waals surface area (Å²) < 4.78 is 38.1. The molecule has 0 saturated carbocycles. The van der Waals surface area contributed by atoms with Gasteiger partial charge in [-0.1, -0.05) is 6.07 Å². The molecule has 2 aromatic carbocycles. The van der Waals surface area contributed by atoms with Crippen molar-refractivity contribution in [3.8, 4) is 0 Å². The van der Waals surface area contributed by atoms with Crippen molar-refractivity contribution in [2.45, 2.75) is 4.90 Å². The second-order valence-corrected chi connectivity index (χ2v) is 7.70. The maximum Gasteiger partial charge on any atom is 0.251 e. The third-order valence-corrected chi connectivity index (χ3v) is 5.22. The number of hydrogen-bond acceptors (Lipinski definition) is 4. The maximum atomic E-state index is 12.8. The third kappa shape index (κ3) is 4.87. The molecule has 9 heteroatoms. The van der Waals surface area contributed by atoms with Crippen LogP contribution in [-0.2, 0) is 14.8 Å². The van der Waals surface area contributed by atoms with Gasteiger partial charge in [0.1, 0.15) is 5.82 Å². The van der Waals surface area contributed by atoms with Crippen LogP contribution in [0.3, 0.4) is 0 Å². The number of carbonyl (C=O) groups excluding carboxylic acids is 2. The molecule has 2 amide bonds. The van der Waals surface area contributed by atoms with E-state index < -0.39 is 27.7 Å². The predicted octanol–water partition coefficient (Wildman–Crippen LogP) is 1.44. The molecule has 0 aliphatic rings. The molecular weight excluding hydrogens is 361 g/mol. The zero-order valence-electron chi connectivity index (χ0n) is 14.2. The van der Waals surface area contributed by atoms with Gasteiger partial charge in [-0.2, -0.15) is 0 Å². The summed E-state index contributed by atoms with van der Waals surface area (Å²) in [6.07, 6.45) is 0. The molecule has 0 heterocycles. The Morgan fingerprint density at radius 1 is 1.08 bits per heavy atom. The predicted molar refractivity (Wildman–Crippen MR) is 94.7 cm³/mol. The van der Waals surface area contributed by atoms with Crippen molar-refractivity contribution in [2.75, 3.05) is 26.0 Å². The first-order valence-electron chi connectivity index (χ1n) is 7.56. The van der Waals surface area contributed by atoms with Gasteiger partial charge >= 0.3 is 0 Å². The van der Waals surface area contributed by atoms with Gasteiger partial charge < -0.3 is 10.6 Å². The number of carbonyl (C=O) groups is 2. The van der Waals surface area contributed by atoms with Crippen LogP contribution in [0.4, 0.5) is 10.1 Å². The zero-order valence-corrected chi connectivity index (χ0v) is 15.0. The highest BCUT2D eigenvalue weighted by atomic mass is 32.2. The number of nitrogens with one attached hydrogen (secondary N) is 2. The van der Waals surface area contributed by atoms with Crippen LogP contribution >= 0.6 is 0 Å². The number of nitrogens with zero attached hydrogens (tertiary/aromatic N) is 1. The fraction of sp³-hybridized carbons (Fsp3) is 0.176. The smallest absolute Gasteiger partial charge is 0.251 e. The molecule has 0 unspecified atom stereocenters. The summed E-state index contributed by atoms with van der Waals surface area (Å²) in [5.74, 6) is -1.51. The highest BCUT2D eigenvalue weighted by Crippen LogP contribution is 2.15. The number of benzene rings is 2. The molecule has 0 aliphatic heterocycles. The number of sulfonamides is 1. The zero-order chi connectivity index (χ0) is 19.3. The molecule has 2 N–H and O–H groups in total. The Labute approximate surface area is 150 Å². The highest BCUT2D eigenvalue weighted by Gasteiger charge is 2.18. The molecule has 2 rings (SSSR count). The Morgan fingerprint density at radius 3 is 2.35 bits per heavy atom. The SMILES string of the molecule is CN(C)S(=O)(=O)c1cccc(C(=O)NCC(=O)Nc2ccc(F)cc2)c1. The van der Waals surface area contributed by atoms with E-state index in [1.54, 1.807) is 0 Å². The van der Waals surface area contributed by atoms with E-state index in [1.165, 1.54) is 62.6 Å². The minimum Gasteiger partial charge on any atom is -0.343 e. The van der Waals surface area contributed by atoms with Crippen molar-refractivity contribution < 1.29 is 22.4 Å². The van der Waals surface area contributed by atoms with Crippen LogP contribution in [0.1, 0.15) is 10.4 Å². The number of rotatable bonds is 6. The highest BCUT2D eigenvalue weighted by molar-refractivity contribution is 7.89. The van der Waals surface area contributed by atoms with E-state index in [1.807, 2.05) is 0 Å². The Hall–Kier alpha value is -2.78. The van der Waals surface area contributed by atoms with Crippen LogP contribution in [0.2, 0.25) is 0 Å². The lowest BCUT2D eigenvalue weighted by Crippen LogP contribution is -2.33. The van der Waals surface area contributed by atoms with Crippen molar-refractivity contribution in [1.82, 2.24) is 9.62 Å². The standard InChI is InChI=1S/C17H18FN3O4S/c1-21(2)26(24,25)15-5-3-4-12(10-15)17(23)19-11-16(22)20-14-8-6-13(18)7-9-14/h3-10H,11H2,1-2H3,(H,19,23)(H,20,22). The molecule has 138 valence electrons. The van der Waals surface area contributed by atoms with Crippen molar-refractivity contribution >= 4 is 27.5 Å². The van der Waals surface area contributed by atoms with Crippen LogP contribution in [0, 0.1) is 5.82 Å². The Kier molecular flexibility index (Phi) is 6.06. The molecule has 0 bridgehead atoms. The van der Waals surface area contributed by atoms with E-state index in [4.69, 9.17) is 0 Å². The number of anilines is 1. The Balaban J connectivity index is 1.99. The summed E-state index contributed by atoms with van der Waals surface area (Å²) in [6, 6.07) is 10.7. The second-order valence-electron chi connectivity index (χ2n) is 5.55. The van der Waals surface area contributed by atoms with Gasteiger partial charge in [-0.15, -0.1) is 0 Å². The summed E-state index contributed by atoms with van der Waals surface area (Å²) in [7, 11) is -0.884. The first-order chi connectivity index (χ1) is 12.2. The molecule has 0 fully saturated rings. The monoisotopic (exact) mass is 379 g/mol. The molecule has 0 spiro atoms. The Morgan fingerprint density at radius 2 is 1.73 bits per heavy atom. The summed E-state index contributed by atoms with van der Waals surface area (Å²) >= 11 is 0. The maximum absolute atomic E-state index is 12.8. The van der Waals surface area contributed by atoms with Gasteiger partial charge in [0.15, 0.2) is 0 Å². The van der Waals surface area contributed by atoms with Gasteiger partial charge in [0.25, 0.3) is 5.91 Å². The molecule has 7 nitrogen and oxygen atoms in total. The van der Waals surface area contributed by atoms with Crippen molar-refractivity contribution in [3.05, 3.63) is 59.9 Å². The fourth-order valence-corrected chi connectivity index (χ4v) is 2.96. The average Bonchev–Trinajstić information content (AvgIpc) is 2.61. The van der Waals surface area contributed by atoms with E-state index >= 15 is 0 Å². The van der Waals surface area contributed by atoms with E-state index in [2.05, 4.69) is 10.6 Å². The summed E-state index contributed by atoms with van der Waals surface area (Å²) in [5.41, 5.74) is 0.507. The fourth-order valence-electron chi connectivity index (χ4n) is 2.01. The van der Waals surface area contributed by atoms with Gasteiger partial charge in [0, 0.05) is 25.3 Å². The molecule has 0 aliphatic carbocycles. The lowest BCUT2D eigenvalue weighted by Gasteiger charge is -2.12. The van der Waals surface area contributed by atoms with Gasteiger partial charge in [-0.3, -0.25) is 9.59 Å². The first kappa shape index (κ1) is 19.5. The molecule has 2 aromatic rings. The Bertz CT molecular complexity index is 912. The normalized spacial score (nSPS) is 11.2. The lowest BCUT2D eigenvalue weighted by atomic mass is 10.2. The third-order valence-electron chi connectivity index (χ3n) is 3.41. The van der Waals surface area contributed by atoms with E-state index in [-0.39, 0.29) is 17.0 Å². The van der Waals surface area contributed by atoms with Crippen LogP contribution in [0.5, 0.6) is 0 Å². The quantitative estimate of drug-likeness (QED) is 0.794. The van der Waals surface area contributed by atoms with E-state index in [9.17, 15) is 22.4 Å². The van der Waals surface area contributed by atoms with Crippen LogP contribution < -0.4 is 10.6 Å². The van der Waals surface area contributed by atoms with Crippen LogP contribution in [-0.4, -0.2) is 45.2 Å². The molecular formula is C17H18FN3O4S. The topological polar surface area (TPSA) is 95.6 Å². The number of hydrogen-bond donors (Lipinski definition) is 2. The molecule has 0 saturated heterocycles. The molecule has 26 heavy (non-hydrogen) atoms.